The lowest BCUT2D eigenvalue weighted by atomic mass is 9.97. The topological polar surface area (TPSA) is 41.6 Å². The fourth-order valence-electron chi connectivity index (χ4n) is 2.42. The number of fused-ring (bicyclic) bond motifs is 1. The predicted molar refractivity (Wildman–Crippen MR) is 75.7 cm³/mol. The van der Waals surface area contributed by atoms with Gasteiger partial charge in [0.2, 0.25) is 0 Å². The summed E-state index contributed by atoms with van der Waals surface area (Å²) in [4.78, 5) is 12.4. The number of aromatic amines is 1. The molecule has 0 fully saturated rings. The molecule has 0 aliphatic heterocycles. The van der Waals surface area contributed by atoms with Gasteiger partial charge in [-0.05, 0) is 32.6 Å². The van der Waals surface area contributed by atoms with Gasteiger partial charge in [0.1, 0.15) is 10.5 Å². The quantitative estimate of drug-likeness (QED) is 0.856. The number of thiazole rings is 1. The van der Waals surface area contributed by atoms with E-state index in [1.807, 2.05) is 6.92 Å². The van der Waals surface area contributed by atoms with Gasteiger partial charge in [0, 0.05) is 23.1 Å². The molecule has 0 spiro atoms. The number of H-pyrrole nitrogens is 1. The van der Waals surface area contributed by atoms with Gasteiger partial charge in [0.25, 0.3) is 0 Å². The molecule has 1 aliphatic carbocycles. The first-order chi connectivity index (χ1) is 8.72. The molecule has 1 aliphatic rings. The van der Waals surface area contributed by atoms with Crippen molar-refractivity contribution in [3.63, 3.8) is 0 Å². The van der Waals surface area contributed by atoms with E-state index < -0.39 is 0 Å². The van der Waals surface area contributed by atoms with Crippen LogP contribution in [0.3, 0.4) is 0 Å². The number of hydrogen-bond acceptors (Lipinski definition) is 4. The van der Waals surface area contributed by atoms with Crippen LogP contribution in [0.5, 0.6) is 0 Å². The summed E-state index contributed by atoms with van der Waals surface area (Å²) in [5.41, 5.74) is 3.63. The monoisotopic (exact) mass is 277 g/mol. The van der Waals surface area contributed by atoms with Crippen molar-refractivity contribution in [3.05, 3.63) is 37.8 Å². The summed E-state index contributed by atoms with van der Waals surface area (Å²) in [6.45, 7) is 2.02. The number of hydrogen-bond donors (Lipinski definition) is 1. The Bertz CT molecular complexity index is 627. The Morgan fingerprint density at radius 2 is 2.17 bits per heavy atom. The zero-order chi connectivity index (χ0) is 12.5. The van der Waals surface area contributed by atoms with Crippen LogP contribution in [0.15, 0.2) is 5.38 Å². The van der Waals surface area contributed by atoms with Crippen molar-refractivity contribution >= 4 is 23.6 Å². The van der Waals surface area contributed by atoms with Crippen LogP contribution in [-0.2, 0) is 19.3 Å². The maximum Gasteiger partial charge on any atom is 0.133 e. The highest BCUT2D eigenvalue weighted by molar-refractivity contribution is 7.71. The molecule has 0 amide bonds. The smallest absolute Gasteiger partial charge is 0.133 e. The van der Waals surface area contributed by atoms with Crippen molar-refractivity contribution in [1.82, 2.24) is 15.0 Å². The molecule has 0 saturated carbocycles. The minimum Gasteiger partial charge on any atom is -0.347 e. The zero-order valence-corrected chi connectivity index (χ0v) is 12.0. The third-order valence-corrected chi connectivity index (χ3v) is 4.43. The molecular weight excluding hydrogens is 262 g/mol. The van der Waals surface area contributed by atoms with Crippen molar-refractivity contribution < 1.29 is 0 Å². The van der Waals surface area contributed by atoms with Crippen LogP contribution in [0.25, 0.3) is 0 Å². The van der Waals surface area contributed by atoms with E-state index in [0.29, 0.717) is 0 Å². The van der Waals surface area contributed by atoms with E-state index in [4.69, 9.17) is 12.2 Å². The molecule has 18 heavy (non-hydrogen) atoms. The van der Waals surface area contributed by atoms with Crippen molar-refractivity contribution in [2.45, 2.75) is 39.0 Å². The number of aromatic nitrogens is 3. The summed E-state index contributed by atoms with van der Waals surface area (Å²) < 4.78 is 0.783. The summed E-state index contributed by atoms with van der Waals surface area (Å²) >= 11 is 7.08. The van der Waals surface area contributed by atoms with Crippen LogP contribution in [-0.4, -0.2) is 15.0 Å². The highest BCUT2D eigenvalue weighted by Gasteiger charge is 2.13. The second-order valence-corrected chi connectivity index (χ2v) is 6.14. The third kappa shape index (κ3) is 2.37. The average Bonchev–Trinajstić information content (AvgIpc) is 2.75. The standard InChI is InChI=1S/C13H15N3S2/c1-8-14-9(7-18-8)6-12-15-11-5-3-2-4-10(11)13(17)16-12/h7H,2-6H2,1H3,(H,15,16,17). The lowest BCUT2D eigenvalue weighted by Gasteiger charge is -2.16. The van der Waals surface area contributed by atoms with Crippen molar-refractivity contribution in [2.75, 3.05) is 0 Å². The van der Waals surface area contributed by atoms with Gasteiger partial charge in [-0.15, -0.1) is 11.3 Å². The normalized spacial score (nSPS) is 14.5. The second kappa shape index (κ2) is 4.90. The Labute approximate surface area is 115 Å². The van der Waals surface area contributed by atoms with E-state index in [1.165, 1.54) is 24.1 Å². The maximum atomic E-state index is 5.40. The summed E-state index contributed by atoms with van der Waals surface area (Å²) in [5, 5.41) is 3.19. The van der Waals surface area contributed by atoms with E-state index in [0.717, 1.165) is 40.4 Å². The predicted octanol–water partition coefficient (Wildman–Crippen LogP) is 3.37. The summed E-state index contributed by atoms with van der Waals surface area (Å²) in [7, 11) is 0. The second-order valence-electron chi connectivity index (χ2n) is 4.69. The van der Waals surface area contributed by atoms with Gasteiger partial charge in [0.15, 0.2) is 0 Å². The number of rotatable bonds is 2. The van der Waals surface area contributed by atoms with Crippen molar-refractivity contribution in [1.29, 1.82) is 0 Å². The van der Waals surface area contributed by atoms with Gasteiger partial charge < -0.3 is 4.98 Å². The van der Waals surface area contributed by atoms with Crippen molar-refractivity contribution in [2.24, 2.45) is 0 Å². The Kier molecular flexibility index (Phi) is 3.26. The summed E-state index contributed by atoms with van der Waals surface area (Å²) in [6, 6.07) is 0. The summed E-state index contributed by atoms with van der Waals surface area (Å²) in [5.74, 6) is 0.950. The first kappa shape index (κ1) is 12.0. The van der Waals surface area contributed by atoms with Crippen LogP contribution < -0.4 is 0 Å². The first-order valence-corrected chi connectivity index (χ1v) is 7.53. The van der Waals surface area contributed by atoms with Gasteiger partial charge in [-0.25, -0.2) is 9.97 Å². The van der Waals surface area contributed by atoms with Crippen LogP contribution >= 0.6 is 23.6 Å². The molecule has 0 aromatic carbocycles. The fourth-order valence-corrected chi connectivity index (χ4v) is 3.36. The Balaban J connectivity index is 1.93. The maximum absolute atomic E-state index is 5.40. The first-order valence-electron chi connectivity index (χ1n) is 6.24. The Hall–Kier alpha value is -1.07. The zero-order valence-electron chi connectivity index (χ0n) is 10.3. The molecule has 3 nitrogen and oxygen atoms in total. The molecule has 2 heterocycles. The minimum atomic E-state index is 0.751. The molecule has 0 bridgehead atoms. The third-order valence-electron chi connectivity index (χ3n) is 3.27. The van der Waals surface area contributed by atoms with Crippen LogP contribution in [0.4, 0.5) is 0 Å². The van der Waals surface area contributed by atoms with Gasteiger partial charge >= 0.3 is 0 Å². The molecule has 5 heteroatoms. The molecule has 2 aromatic rings. The molecule has 0 atom stereocenters. The summed E-state index contributed by atoms with van der Waals surface area (Å²) in [6.07, 6.45) is 5.41. The van der Waals surface area contributed by atoms with Crippen LogP contribution in [0, 0.1) is 11.6 Å². The van der Waals surface area contributed by atoms with E-state index in [-0.39, 0.29) is 0 Å². The fraction of sp³-hybridized carbons (Fsp3) is 0.462. The molecule has 1 N–H and O–H groups in total. The average molecular weight is 277 g/mol. The highest BCUT2D eigenvalue weighted by Crippen LogP contribution is 2.20. The van der Waals surface area contributed by atoms with Gasteiger partial charge in [0.05, 0.1) is 10.7 Å². The largest absolute Gasteiger partial charge is 0.347 e. The number of aryl methyl sites for hydroxylation is 2. The van der Waals surface area contributed by atoms with E-state index in [2.05, 4.69) is 20.3 Å². The van der Waals surface area contributed by atoms with Gasteiger partial charge in [-0.1, -0.05) is 12.2 Å². The molecule has 0 unspecified atom stereocenters. The lowest BCUT2D eigenvalue weighted by molar-refractivity contribution is 0.652. The van der Waals surface area contributed by atoms with Gasteiger partial charge in [-0.3, -0.25) is 0 Å². The van der Waals surface area contributed by atoms with Gasteiger partial charge in [-0.2, -0.15) is 0 Å². The molecule has 0 saturated heterocycles. The number of nitrogens with one attached hydrogen (secondary N) is 1. The number of nitrogens with zero attached hydrogens (tertiary/aromatic N) is 2. The molecule has 94 valence electrons. The Morgan fingerprint density at radius 3 is 2.94 bits per heavy atom. The highest BCUT2D eigenvalue weighted by atomic mass is 32.1. The minimum absolute atomic E-state index is 0.751. The van der Waals surface area contributed by atoms with Crippen LogP contribution in [0.1, 0.15) is 40.6 Å². The van der Waals surface area contributed by atoms with Crippen LogP contribution in [0.2, 0.25) is 0 Å². The SMILES string of the molecule is Cc1nc(Cc2nc(=S)c3c([nH]2)CCCC3)cs1. The molecular formula is C13H15N3S2. The molecule has 3 rings (SSSR count). The van der Waals surface area contributed by atoms with E-state index >= 15 is 0 Å². The van der Waals surface area contributed by atoms with E-state index in [1.54, 1.807) is 11.3 Å². The Morgan fingerprint density at radius 1 is 1.33 bits per heavy atom. The molecule has 2 aromatic heterocycles. The lowest BCUT2D eigenvalue weighted by Crippen LogP contribution is -2.10. The van der Waals surface area contributed by atoms with E-state index in [9.17, 15) is 0 Å². The van der Waals surface area contributed by atoms with Crippen molar-refractivity contribution in [3.8, 4) is 0 Å². The molecule has 0 radical (unpaired) electrons.